The molecule has 130 valence electrons. The first-order valence-corrected chi connectivity index (χ1v) is 8.45. The Balaban J connectivity index is 2.20. The summed E-state index contributed by atoms with van der Waals surface area (Å²) in [4.78, 5) is 19.7. The highest BCUT2D eigenvalue weighted by Crippen LogP contribution is 2.24. The normalized spacial score (nSPS) is 12.5. The van der Waals surface area contributed by atoms with Crippen LogP contribution in [0.25, 0.3) is 0 Å². The zero-order chi connectivity index (χ0) is 17.7. The molecule has 1 N–H and O–H groups in total. The van der Waals surface area contributed by atoms with Crippen LogP contribution in [0.1, 0.15) is 50.9 Å². The second-order valence-corrected chi connectivity index (χ2v) is 6.88. The fourth-order valence-electron chi connectivity index (χ4n) is 2.45. The number of anilines is 2. The van der Waals surface area contributed by atoms with Crippen molar-refractivity contribution in [3.8, 4) is 0 Å². The smallest absolute Gasteiger partial charge is 0.229 e. The van der Waals surface area contributed by atoms with E-state index in [2.05, 4.69) is 59.0 Å². The van der Waals surface area contributed by atoms with Gasteiger partial charge in [-0.15, -0.1) is 0 Å². The second-order valence-electron chi connectivity index (χ2n) is 6.88. The van der Waals surface area contributed by atoms with Crippen molar-refractivity contribution in [2.24, 2.45) is 5.92 Å². The Hall–Kier alpha value is -2.24. The molecule has 0 spiro atoms. The zero-order valence-electron chi connectivity index (χ0n) is 15.5. The number of rotatable bonds is 7. The third-order valence-electron chi connectivity index (χ3n) is 3.95. The molecule has 0 aliphatic rings. The molecule has 0 aliphatic carbocycles. The highest BCUT2D eigenvalue weighted by Gasteiger charge is 2.17. The average molecular weight is 328 g/mol. The fourth-order valence-corrected chi connectivity index (χ4v) is 2.45. The van der Waals surface area contributed by atoms with Crippen LogP contribution in [0.3, 0.4) is 0 Å². The van der Waals surface area contributed by atoms with Crippen LogP contribution in [0.5, 0.6) is 0 Å². The van der Waals surface area contributed by atoms with Crippen LogP contribution >= 0.6 is 0 Å². The number of pyridine rings is 1. The quantitative estimate of drug-likeness (QED) is 0.841. The van der Waals surface area contributed by atoms with Crippen LogP contribution in [0.15, 0.2) is 24.5 Å². The summed E-state index contributed by atoms with van der Waals surface area (Å²) in [5, 5.41) is 3.40. The molecule has 0 saturated heterocycles. The van der Waals surface area contributed by atoms with Gasteiger partial charge in [0.2, 0.25) is 11.9 Å². The molecule has 1 unspecified atom stereocenters. The Morgan fingerprint density at radius 3 is 2.38 bits per heavy atom. The minimum absolute atomic E-state index is 0.256. The van der Waals surface area contributed by atoms with Crippen molar-refractivity contribution in [3.05, 3.63) is 35.9 Å². The van der Waals surface area contributed by atoms with Gasteiger partial charge in [0.25, 0.3) is 0 Å². The van der Waals surface area contributed by atoms with E-state index in [4.69, 9.17) is 0 Å². The number of nitrogens with one attached hydrogen (secondary N) is 1. The predicted octanol–water partition coefficient (Wildman–Crippen LogP) is 3.31. The molecule has 6 heteroatoms. The summed E-state index contributed by atoms with van der Waals surface area (Å²) in [6.45, 7) is 9.38. The predicted molar refractivity (Wildman–Crippen MR) is 98.5 cm³/mol. The minimum atomic E-state index is 0.256. The molecule has 0 bridgehead atoms. The molecule has 2 heterocycles. The van der Waals surface area contributed by atoms with Crippen LogP contribution in [0.4, 0.5) is 11.9 Å². The monoisotopic (exact) mass is 328 g/mol. The average Bonchev–Trinajstić information content (AvgIpc) is 2.55. The molecule has 0 amide bonds. The standard InChI is InChI=1S/C18H28N6/c1-12(2)15(14-8-7-9-19-10-14)11-20-17-21-16(13(3)4)22-18(23-17)24(5)6/h7-10,12-13,15H,11H2,1-6H3,(H,20,21,22,23). The Morgan fingerprint density at radius 1 is 1.08 bits per heavy atom. The maximum atomic E-state index is 4.56. The first kappa shape index (κ1) is 18.1. The van der Waals surface area contributed by atoms with Crippen LogP contribution < -0.4 is 10.2 Å². The Morgan fingerprint density at radius 2 is 1.83 bits per heavy atom. The molecule has 0 aliphatic heterocycles. The summed E-state index contributed by atoms with van der Waals surface area (Å²) >= 11 is 0. The van der Waals surface area contributed by atoms with E-state index in [1.54, 1.807) is 6.20 Å². The molecule has 2 rings (SSSR count). The van der Waals surface area contributed by atoms with Crippen LogP contribution in [-0.2, 0) is 0 Å². The Kier molecular flexibility index (Phi) is 6.06. The lowest BCUT2D eigenvalue weighted by Gasteiger charge is -2.22. The van der Waals surface area contributed by atoms with Gasteiger partial charge in [0, 0.05) is 44.9 Å². The molecule has 0 fully saturated rings. The summed E-state index contributed by atoms with van der Waals surface area (Å²) in [6.07, 6.45) is 3.74. The Labute approximate surface area is 144 Å². The van der Waals surface area contributed by atoms with Crippen molar-refractivity contribution in [1.82, 2.24) is 19.9 Å². The largest absolute Gasteiger partial charge is 0.353 e. The van der Waals surface area contributed by atoms with Gasteiger partial charge in [0.05, 0.1) is 0 Å². The van der Waals surface area contributed by atoms with Gasteiger partial charge in [-0.2, -0.15) is 15.0 Å². The molecular formula is C18H28N6. The van der Waals surface area contributed by atoms with E-state index in [9.17, 15) is 0 Å². The highest BCUT2D eigenvalue weighted by atomic mass is 15.3. The molecule has 0 aromatic carbocycles. The molecule has 2 aromatic rings. The lowest BCUT2D eigenvalue weighted by atomic mass is 9.89. The zero-order valence-corrected chi connectivity index (χ0v) is 15.5. The molecule has 24 heavy (non-hydrogen) atoms. The third-order valence-corrected chi connectivity index (χ3v) is 3.95. The van der Waals surface area contributed by atoms with E-state index in [1.165, 1.54) is 5.56 Å². The molecule has 0 saturated carbocycles. The van der Waals surface area contributed by atoms with Gasteiger partial charge in [-0.3, -0.25) is 4.98 Å². The maximum absolute atomic E-state index is 4.56. The van der Waals surface area contributed by atoms with Crippen molar-refractivity contribution >= 4 is 11.9 Å². The fraction of sp³-hybridized carbons (Fsp3) is 0.556. The van der Waals surface area contributed by atoms with Crippen molar-refractivity contribution in [2.45, 2.75) is 39.5 Å². The van der Waals surface area contributed by atoms with Gasteiger partial charge in [0.15, 0.2) is 0 Å². The van der Waals surface area contributed by atoms with E-state index in [1.807, 2.05) is 31.3 Å². The highest BCUT2D eigenvalue weighted by molar-refractivity contribution is 5.36. The van der Waals surface area contributed by atoms with E-state index in [0.717, 1.165) is 12.4 Å². The van der Waals surface area contributed by atoms with E-state index >= 15 is 0 Å². The number of nitrogens with zero attached hydrogens (tertiary/aromatic N) is 5. The number of aromatic nitrogens is 4. The summed E-state index contributed by atoms with van der Waals surface area (Å²) in [5.74, 6) is 3.21. The summed E-state index contributed by atoms with van der Waals surface area (Å²) in [6, 6.07) is 4.10. The summed E-state index contributed by atoms with van der Waals surface area (Å²) in [5.41, 5.74) is 1.23. The van der Waals surface area contributed by atoms with E-state index in [0.29, 0.717) is 23.7 Å². The first-order chi connectivity index (χ1) is 11.4. The van der Waals surface area contributed by atoms with Gasteiger partial charge < -0.3 is 10.2 Å². The molecule has 2 aromatic heterocycles. The lowest BCUT2D eigenvalue weighted by molar-refractivity contribution is 0.514. The topological polar surface area (TPSA) is 66.8 Å². The SMILES string of the molecule is CC(C)c1nc(NCC(c2cccnc2)C(C)C)nc(N(C)C)n1. The van der Waals surface area contributed by atoms with E-state index < -0.39 is 0 Å². The van der Waals surface area contributed by atoms with Gasteiger partial charge >= 0.3 is 0 Å². The minimum Gasteiger partial charge on any atom is -0.353 e. The first-order valence-electron chi connectivity index (χ1n) is 8.45. The van der Waals surface area contributed by atoms with Crippen LogP contribution in [-0.4, -0.2) is 40.6 Å². The van der Waals surface area contributed by atoms with Crippen molar-refractivity contribution in [1.29, 1.82) is 0 Å². The van der Waals surface area contributed by atoms with Crippen LogP contribution in [0, 0.1) is 5.92 Å². The van der Waals surface area contributed by atoms with Crippen molar-refractivity contribution in [2.75, 3.05) is 30.9 Å². The van der Waals surface area contributed by atoms with Crippen molar-refractivity contribution in [3.63, 3.8) is 0 Å². The number of hydrogen-bond acceptors (Lipinski definition) is 6. The Bertz CT molecular complexity index is 613. The number of hydrogen-bond donors (Lipinski definition) is 1. The molecule has 0 radical (unpaired) electrons. The second kappa shape index (κ2) is 8.04. The summed E-state index contributed by atoms with van der Waals surface area (Å²) in [7, 11) is 3.88. The third kappa shape index (κ3) is 4.63. The van der Waals surface area contributed by atoms with Crippen molar-refractivity contribution < 1.29 is 0 Å². The van der Waals surface area contributed by atoms with Crippen LogP contribution in [0.2, 0.25) is 0 Å². The molecule has 6 nitrogen and oxygen atoms in total. The maximum Gasteiger partial charge on any atom is 0.229 e. The van der Waals surface area contributed by atoms with Gasteiger partial charge in [-0.25, -0.2) is 0 Å². The summed E-state index contributed by atoms with van der Waals surface area (Å²) < 4.78 is 0. The van der Waals surface area contributed by atoms with Gasteiger partial charge in [0.1, 0.15) is 5.82 Å². The lowest BCUT2D eigenvalue weighted by Crippen LogP contribution is -2.21. The molecular weight excluding hydrogens is 300 g/mol. The van der Waals surface area contributed by atoms with E-state index in [-0.39, 0.29) is 5.92 Å². The molecule has 1 atom stereocenters. The van der Waals surface area contributed by atoms with Gasteiger partial charge in [-0.1, -0.05) is 33.8 Å². The van der Waals surface area contributed by atoms with Gasteiger partial charge in [-0.05, 0) is 17.5 Å².